The van der Waals surface area contributed by atoms with Crippen LogP contribution in [-0.2, 0) is 4.79 Å². The molecule has 0 atom stereocenters. The molecule has 3 amide bonds. The van der Waals surface area contributed by atoms with Crippen LogP contribution in [0.15, 0.2) is 18.2 Å². The number of thioether (sulfide) groups is 1. The Labute approximate surface area is 195 Å². The van der Waals surface area contributed by atoms with Crippen molar-refractivity contribution in [2.24, 2.45) is 5.92 Å². The lowest BCUT2D eigenvalue weighted by atomic mass is 9.99. The van der Waals surface area contributed by atoms with Gasteiger partial charge in [0, 0.05) is 55.7 Å². The number of carbonyl (C=O) groups excluding carboxylic acids is 2. The predicted octanol–water partition coefficient (Wildman–Crippen LogP) is 4.57. The largest absolute Gasteiger partial charge is 0.497 e. The van der Waals surface area contributed by atoms with Crippen LogP contribution >= 0.6 is 11.8 Å². The van der Waals surface area contributed by atoms with E-state index in [2.05, 4.69) is 10.2 Å². The molecule has 0 bridgehead atoms. The minimum atomic E-state index is -0.136. The summed E-state index contributed by atoms with van der Waals surface area (Å²) in [5, 5.41) is 2.97. The topological polar surface area (TPSA) is 71.1 Å². The summed E-state index contributed by atoms with van der Waals surface area (Å²) in [4.78, 5) is 29.8. The highest BCUT2D eigenvalue weighted by Crippen LogP contribution is 2.44. The lowest BCUT2D eigenvalue weighted by molar-refractivity contribution is -0.134. The molecule has 3 aliphatic rings. The van der Waals surface area contributed by atoms with Crippen molar-refractivity contribution in [2.75, 3.05) is 44.9 Å². The molecule has 7 nitrogen and oxygen atoms in total. The molecule has 176 valence electrons. The molecule has 1 N–H and O–H groups in total. The molecular formula is C24H35N3O4S. The van der Waals surface area contributed by atoms with Crippen LogP contribution in [0.25, 0.3) is 0 Å². The van der Waals surface area contributed by atoms with E-state index in [1.54, 1.807) is 32.4 Å². The highest BCUT2D eigenvalue weighted by Gasteiger charge is 2.46. The fraction of sp³-hybridized carbons (Fsp3) is 0.667. The zero-order chi connectivity index (χ0) is 22.6. The van der Waals surface area contributed by atoms with Gasteiger partial charge in [-0.25, -0.2) is 4.79 Å². The molecule has 0 aromatic heterocycles. The van der Waals surface area contributed by atoms with Crippen molar-refractivity contribution in [2.45, 2.75) is 56.2 Å². The first-order chi connectivity index (χ1) is 15.5. The second-order valence-electron chi connectivity index (χ2n) is 9.05. The number of urea groups is 1. The molecule has 2 saturated heterocycles. The van der Waals surface area contributed by atoms with Crippen LogP contribution in [0, 0.1) is 5.92 Å². The van der Waals surface area contributed by atoms with Crippen molar-refractivity contribution in [3.63, 3.8) is 0 Å². The van der Waals surface area contributed by atoms with E-state index in [9.17, 15) is 9.59 Å². The first kappa shape index (κ1) is 23.1. The quantitative estimate of drug-likeness (QED) is 0.672. The summed E-state index contributed by atoms with van der Waals surface area (Å²) in [7, 11) is 3.18. The highest BCUT2D eigenvalue weighted by molar-refractivity contribution is 8.00. The number of likely N-dealkylation sites (tertiary alicyclic amines) is 1. The fourth-order valence-corrected chi connectivity index (χ4v) is 6.75. The fourth-order valence-electron chi connectivity index (χ4n) is 5.28. The summed E-state index contributed by atoms with van der Waals surface area (Å²) < 4.78 is 10.6. The zero-order valence-corrected chi connectivity index (χ0v) is 20.0. The van der Waals surface area contributed by atoms with E-state index in [-0.39, 0.29) is 10.9 Å². The molecule has 1 aromatic carbocycles. The van der Waals surface area contributed by atoms with Gasteiger partial charge in [0.05, 0.1) is 19.1 Å². The Balaban J connectivity index is 1.32. The first-order valence-electron chi connectivity index (χ1n) is 11.8. The van der Waals surface area contributed by atoms with E-state index >= 15 is 0 Å². The van der Waals surface area contributed by atoms with E-state index in [0.717, 1.165) is 37.5 Å². The van der Waals surface area contributed by atoms with E-state index < -0.39 is 0 Å². The van der Waals surface area contributed by atoms with Crippen molar-refractivity contribution < 1.29 is 19.1 Å². The van der Waals surface area contributed by atoms with Gasteiger partial charge < -0.3 is 24.6 Å². The summed E-state index contributed by atoms with van der Waals surface area (Å²) in [5.74, 6) is 3.30. The van der Waals surface area contributed by atoms with Crippen LogP contribution in [0.4, 0.5) is 10.5 Å². The Morgan fingerprint density at radius 3 is 2.34 bits per heavy atom. The van der Waals surface area contributed by atoms with Crippen LogP contribution < -0.4 is 14.8 Å². The first-order valence-corrected chi connectivity index (χ1v) is 12.7. The van der Waals surface area contributed by atoms with Gasteiger partial charge >= 0.3 is 6.03 Å². The van der Waals surface area contributed by atoms with E-state index in [0.29, 0.717) is 42.6 Å². The van der Waals surface area contributed by atoms with Crippen molar-refractivity contribution in [1.82, 2.24) is 9.80 Å². The van der Waals surface area contributed by atoms with E-state index in [1.807, 2.05) is 16.7 Å². The molecule has 32 heavy (non-hydrogen) atoms. The van der Waals surface area contributed by atoms with Gasteiger partial charge in [0.25, 0.3) is 0 Å². The molecule has 3 fully saturated rings. The van der Waals surface area contributed by atoms with E-state index in [1.165, 1.54) is 25.7 Å². The third-order valence-corrected chi connectivity index (χ3v) is 8.71. The highest BCUT2D eigenvalue weighted by atomic mass is 32.2. The van der Waals surface area contributed by atoms with Gasteiger partial charge in [0.1, 0.15) is 11.5 Å². The maximum absolute atomic E-state index is 13.0. The van der Waals surface area contributed by atoms with Gasteiger partial charge in [0.2, 0.25) is 5.91 Å². The standard InChI is InChI=1S/C24H35N3O4S/c1-30-20-15-19(16-21(17-20)31-2)25-23(29)26-11-9-24(10-12-26)27(13-14-32-24)22(28)8-7-18-5-3-4-6-18/h15-18H,3-14H2,1-2H3,(H,25,29). The van der Waals surface area contributed by atoms with Crippen LogP contribution in [0.5, 0.6) is 11.5 Å². The number of methoxy groups -OCH3 is 2. The third kappa shape index (κ3) is 5.11. The van der Waals surface area contributed by atoms with Gasteiger partial charge in [-0.3, -0.25) is 4.79 Å². The molecule has 1 aliphatic carbocycles. The maximum atomic E-state index is 13.0. The van der Waals surface area contributed by atoms with Gasteiger partial charge in [-0.15, -0.1) is 11.8 Å². The van der Waals surface area contributed by atoms with Crippen molar-refractivity contribution in [3.8, 4) is 11.5 Å². The summed E-state index contributed by atoms with van der Waals surface area (Å²) in [6.07, 6.45) is 8.57. The Kier molecular flexibility index (Phi) is 7.38. The second kappa shape index (κ2) is 10.2. The average molecular weight is 462 g/mol. The summed E-state index contributed by atoms with van der Waals surface area (Å²) in [6, 6.07) is 5.21. The maximum Gasteiger partial charge on any atom is 0.321 e. The number of hydrogen-bond donors (Lipinski definition) is 1. The van der Waals surface area contributed by atoms with Crippen molar-refractivity contribution in [3.05, 3.63) is 18.2 Å². The predicted molar refractivity (Wildman–Crippen MR) is 127 cm³/mol. The Hall–Kier alpha value is -2.09. The number of piperidine rings is 1. The van der Waals surface area contributed by atoms with Crippen LogP contribution in [0.1, 0.15) is 51.4 Å². The van der Waals surface area contributed by atoms with Gasteiger partial charge in [-0.1, -0.05) is 25.7 Å². The molecular weight excluding hydrogens is 426 g/mol. The van der Waals surface area contributed by atoms with Crippen LogP contribution in [0.3, 0.4) is 0 Å². The van der Waals surface area contributed by atoms with E-state index in [4.69, 9.17) is 9.47 Å². The summed E-state index contributed by atoms with van der Waals surface area (Å²) in [5.41, 5.74) is 0.644. The molecule has 2 aliphatic heterocycles. The van der Waals surface area contributed by atoms with Crippen molar-refractivity contribution >= 4 is 29.4 Å². The molecule has 1 spiro atoms. The molecule has 1 saturated carbocycles. The molecule has 2 heterocycles. The number of amides is 3. The number of hydrogen-bond acceptors (Lipinski definition) is 5. The Bertz CT molecular complexity index is 797. The number of nitrogens with one attached hydrogen (secondary N) is 1. The molecule has 4 rings (SSSR count). The normalized spacial score (nSPS) is 20.6. The number of anilines is 1. The number of rotatable bonds is 6. The van der Waals surface area contributed by atoms with Crippen molar-refractivity contribution in [1.29, 1.82) is 0 Å². The lowest BCUT2D eigenvalue weighted by Crippen LogP contribution is -2.54. The van der Waals surface area contributed by atoms with Crippen LogP contribution in [-0.4, -0.2) is 66.2 Å². The molecule has 8 heteroatoms. The monoisotopic (exact) mass is 461 g/mol. The molecule has 0 radical (unpaired) electrons. The third-order valence-electron chi connectivity index (χ3n) is 7.15. The smallest absolute Gasteiger partial charge is 0.321 e. The molecule has 0 unspecified atom stereocenters. The van der Waals surface area contributed by atoms with Gasteiger partial charge in [0.15, 0.2) is 0 Å². The van der Waals surface area contributed by atoms with Gasteiger partial charge in [-0.2, -0.15) is 0 Å². The SMILES string of the molecule is COc1cc(NC(=O)N2CCC3(CC2)SCCN3C(=O)CCC2CCCC2)cc(OC)c1. The minimum Gasteiger partial charge on any atom is -0.497 e. The lowest BCUT2D eigenvalue weighted by Gasteiger charge is -2.44. The minimum absolute atomic E-state index is 0.128. The Morgan fingerprint density at radius 2 is 1.72 bits per heavy atom. The Morgan fingerprint density at radius 1 is 1.06 bits per heavy atom. The summed E-state index contributed by atoms with van der Waals surface area (Å²) >= 11 is 1.90. The molecule has 1 aromatic rings. The number of nitrogens with zero attached hydrogens (tertiary/aromatic N) is 2. The number of carbonyl (C=O) groups is 2. The van der Waals surface area contributed by atoms with Gasteiger partial charge in [-0.05, 0) is 25.2 Å². The average Bonchev–Trinajstić information content (AvgIpc) is 3.48. The van der Waals surface area contributed by atoms with Crippen LogP contribution in [0.2, 0.25) is 0 Å². The number of benzene rings is 1. The zero-order valence-electron chi connectivity index (χ0n) is 19.2. The number of ether oxygens (including phenoxy) is 2. The second-order valence-corrected chi connectivity index (χ2v) is 10.5. The summed E-state index contributed by atoms with van der Waals surface area (Å²) in [6.45, 7) is 2.13.